The molecule has 1 aliphatic rings. The Bertz CT molecular complexity index is 402. The van der Waals surface area contributed by atoms with Crippen molar-refractivity contribution in [3.05, 3.63) is 11.9 Å². The van der Waals surface area contributed by atoms with Crippen LogP contribution in [0, 0.1) is 0 Å². The Morgan fingerprint density at radius 2 is 2.11 bits per heavy atom. The molecule has 4 N–H and O–H groups in total. The Hall–Kier alpha value is -1.36. The molecule has 0 atom stereocenters. The van der Waals surface area contributed by atoms with Crippen LogP contribution >= 0.6 is 0 Å². The zero-order valence-electron chi connectivity index (χ0n) is 10.9. The number of nitrogens with two attached hydrogens (primary N) is 1. The van der Waals surface area contributed by atoms with Crippen LogP contribution in [0.2, 0.25) is 0 Å². The van der Waals surface area contributed by atoms with Crippen LogP contribution in [0.3, 0.4) is 0 Å². The van der Waals surface area contributed by atoms with Crippen LogP contribution in [0.1, 0.15) is 44.9 Å². The number of hydrogen-bond donors (Lipinski definition) is 3. The number of aromatic nitrogens is 2. The van der Waals surface area contributed by atoms with Gasteiger partial charge in [-0.2, -0.15) is 0 Å². The minimum Gasteiger partial charge on any atom is -0.388 e. The lowest BCUT2D eigenvalue weighted by atomic mass is 10.0. The molecule has 0 amide bonds. The largest absolute Gasteiger partial charge is 0.388 e. The normalized spacial score (nSPS) is 17.9. The third-order valence-corrected chi connectivity index (χ3v) is 3.40. The van der Waals surface area contributed by atoms with Gasteiger partial charge in [-0.3, -0.25) is 0 Å². The highest BCUT2D eigenvalue weighted by molar-refractivity contribution is 5.44. The average molecular weight is 250 g/mol. The van der Waals surface area contributed by atoms with E-state index in [9.17, 15) is 5.11 Å². The fourth-order valence-electron chi connectivity index (χ4n) is 2.41. The van der Waals surface area contributed by atoms with Gasteiger partial charge in [-0.1, -0.05) is 19.8 Å². The van der Waals surface area contributed by atoms with E-state index in [-0.39, 0.29) is 0 Å². The van der Waals surface area contributed by atoms with Crippen LogP contribution in [-0.2, 0) is 6.42 Å². The summed E-state index contributed by atoms with van der Waals surface area (Å²) in [4.78, 5) is 8.59. The van der Waals surface area contributed by atoms with Gasteiger partial charge >= 0.3 is 0 Å². The van der Waals surface area contributed by atoms with Crippen molar-refractivity contribution < 1.29 is 5.11 Å². The second-order valence-corrected chi connectivity index (χ2v) is 5.13. The minimum absolute atomic E-state index is 0.481. The standard InChI is InChI=1S/C13H22N4O/c1-2-5-11-16-10(14)8-12(17-11)15-9-13(18)6-3-4-7-13/h8,18H,2-7,9H2,1H3,(H3,14,15,16,17). The highest BCUT2D eigenvalue weighted by atomic mass is 16.3. The van der Waals surface area contributed by atoms with E-state index < -0.39 is 5.60 Å². The summed E-state index contributed by atoms with van der Waals surface area (Å²) >= 11 is 0. The van der Waals surface area contributed by atoms with Crippen molar-refractivity contribution in [2.24, 2.45) is 0 Å². The van der Waals surface area contributed by atoms with Gasteiger partial charge in [-0.15, -0.1) is 0 Å². The Kier molecular flexibility index (Phi) is 4.01. The predicted molar refractivity (Wildman–Crippen MR) is 72.3 cm³/mol. The first-order valence-electron chi connectivity index (χ1n) is 6.71. The van der Waals surface area contributed by atoms with Gasteiger partial charge < -0.3 is 16.2 Å². The van der Waals surface area contributed by atoms with Gasteiger partial charge in [-0.25, -0.2) is 9.97 Å². The number of anilines is 2. The van der Waals surface area contributed by atoms with Crippen LogP contribution < -0.4 is 11.1 Å². The molecule has 1 aliphatic carbocycles. The minimum atomic E-state index is -0.579. The third kappa shape index (κ3) is 3.32. The maximum atomic E-state index is 10.3. The van der Waals surface area contributed by atoms with Crippen molar-refractivity contribution >= 4 is 11.6 Å². The lowest BCUT2D eigenvalue weighted by molar-refractivity contribution is 0.0614. The first kappa shape index (κ1) is 13.1. The van der Waals surface area contributed by atoms with Crippen molar-refractivity contribution in [1.29, 1.82) is 0 Å². The molecule has 5 heteroatoms. The summed E-state index contributed by atoms with van der Waals surface area (Å²) in [6, 6.07) is 1.72. The predicted octanol–water partition coefficient (Wildman–Crippen LogP) is 1.73. The molecule has 0 aliphatic heterocycles. The van der Waals surface area contributed by atoms with E-state index in [1.54, 1.807) is 6.07 Å². The maximum Gasteiger partial charge on any atom is 0.133 e. The van der Waals surface area contributed by atoms with Crippen molar-refractivity contribution in [1.82, 2.24) is 9.97 Å². The zero-order chi connectivity index (χ0) is 13.0. The molecule has 1 aromatic heterocycles. The van der Waals surface area contributed by atoms with Crippen LogP contribution in [-0.4, -0.2) is 27.2 Å². The molecule has 18 heavy (non-hydrogen) atoms. The Balaban J connectivity index is 2.00. The summed E-state index contributed by atoms with van der Waals surface area (Å²) < 4.78 is 0. The lowest BCUT2D eigenvalue weighted by Gasteiger charge is -2.22. The first-order chi connectivity index (χ1) is 8.61. The number of nitrogens with one attached hydrogen (secondary N) is 1. The SMILES string of the molecule is CCCc1nc(N)cc(NCC2(O)CCCC2)n1. The number of nitrogens with zero attached hydrogens (tertiary/aromatic N) is 2. The summed E-state index contributed by atoms with van der Waals surface area (Å²) in [5.41, 5.74) is 5.17. The molecular weight excluding hydrogens is 228 g/mol. The molecule has 5 nitrogen and oxygen atoms in total. The van der Waals surface area contributed by atoms with E-state index in [2.05, 4.69) is 22.2 Å². The molecule has 0 spiro atoms. The molecular formula is C13H22N4O. The van der Waals surface area contributed by atoms with Gasteiger partial charge in [0, 0.05) is 19.0 Å². The Morgan fingerprint density at radius 3 is 2.78 bits per heavy atom. The monoisotopic (exact) mass is 250 g/mol. The fourth-order valence-corrected chi connectivity index (χ4v) is 2.41. The van der Waals surface area contributed by atoms with E-state index in [0.717, 1.165) is 44.3 Å². The maximum absolute atomic E-state index is 10.3. The summed E-state index contributed by atoms with van der Waals surface area (Å²) in [7, 11) is 0. The van der Waals surface area contributed by atoms with Crippen molar-refractivity contribution in [2.45, 2.75) is 51.0 Å². The molecule has 1 heterocycles. The molecule has 0 unspecified atom stereocenters. The Morgan fingerprint density at radius 1 is 1.39 bits per heavy atom. The average Bonchev–Trinajstić information content (AvgIpc) is 2.74. The second kappa shape index (κ2) is 5.52. The van der Waals surface area contributed by atoms with E-state index in [0.29, 0.717) is 18.2 Å². The van der Waals surface area contributed by atoms with Crippen molar-refractivity contribution in [2.75, 3.05) is 17.6 Å². The number of nitrogen functional groups attached to an aromatic ring is 1. The summed E-state index contributed by atoms with van der Waals surface area (Å²) in [6.45, 7) is 2.62. The summed E-state index contributed by atoms with van der Waals surface area (Å²) in [6.07, 6.45) is 5.75. The number of hydrogen-bond acceptors (Lipinski definition) is 5. The molecule has 2 rings (SSSR count). The van der Waals surface area contributed by atoms with Crippen molar-refractivity contribution in [3.8, 4) is 0 Å². The molecule has 1 saturated carbocycles. The zero-order valence-corrected chi connectivity index (χ0v) is 10.9. The van der Waals surface area contributed by atoms with Crippen LogP contribution in [0.25, 0.3) is 0 Å². The van der Waals surface area contributed by atoms with Gasteiger partial charge in [0.1, 0.15) is 17.5 Å². The lowest BCUT2D eigenvalue weighted by Crippen LogP contribution is -2.33. The molecule has 0 radical (unpaired) electrons. The van der Waals surface area contributed by atoms with Crippen LogP contribution in [0.5, 0.6) is 0 Å². The third-order valence-electron chi connectivity index (χ3n) is 3.40. The van der Waals surface area contributed by atoms with Crippen molar-refractivity contribution in [3.63, 3.8) is 0 Å². The molecule has 0 bridgehead atoms. The highest BCUT2D eigenvalue weighted by Gasteiger charge is 2.30. The number of rotatable bonds is 5. The first-order valence-corrected chi connectivity index (χ1v) is 6.71. The van der Waals surface area contributed by atoms with Crippen LogP contribution in [0.4, 0.5) is 11.6 Å². The van der Waals surface area contributed by atoms with E-state index in [1.807, 2.05) is 0 Å². The molecule has 1 fully saturated rings. The van der Waals surface area contributed by atoms with Gasteiger partial charge in [0.25, 0.3) is 0 Å². The van der Waals surface area contributed by atoms with Crippen LogP contribution in [0.15, 0.2) is 6.07 Å². The highest BCUT2D eigenvalue weighted by Crippen LogP contribution is 2.29. The van der Waals surface area contributed by atoms with Gasteiger partial charge in [-0.05, 0) is 19.3 Å². The molecule has 0 aromatic carbocycles. The molecule has 1 aromatic rings. The summed E-state index contributed by atoms with van der Waals surface area (Å²) in [5.74, 6) is 1.96. The van der Waals surface area contributed by atoms with E-state index >= 15 is 0 Å². The fraction of sp³-hybridized carbons (Fsp3) is 0.692. The van der Waals surface area contributed by atoms with Gasteiger partial charge in [0.2, 0.25) is 0 Å². The molecule has 100 valence electrons. The topological polar surface area (TPSA) is 84.1 Å². The van der Waals surface area contributed by atoms with Gasteiger partial charge in [0.15, 0.2) is 0 Å². The quantitative estimate of drug-likeness (QED) is 0.741. The summed E-state index contributed by atoms with van der Waals surface area (Å²) in [5, 5.41) is 13.4. The smallest absolute Gasteiger partial charge is 0.133 e. The molecule has 0 saturated heterocycles. The number of aryl methyl sites for hydroxylation is 1. The number of aliphatic hydroxyl groups is 1. The Labute approximate surface area is 108 Å². The van der Waals surface area contributed by atoms with Gasteiger partial charge in [0.05, 0.1) is 5.60 Å². The van der Waals surface area contributed by atoms with E-state index in [1.165, 1.54) is 0 Å². The van der Waals surface area contributed by atoms with E-state index in [4.69, 9.17) is 5.73 Å². The second-order valence-electron chi connectivity index (χ2n) is 5.13.